The highest BCUT2D eigenvalue weighted by Gasteiger charge is 2.39. The molecule has 0 saturated carbocycles. The summed E-state index contributed by atoms with van der Waals surface area (Å²) < 4.78 is 7.72. The SMILES string of the molecule is Cc1ccc2cc1OCCNC(=O)C[C@@H]1CC[C@H](CNC2=O)N1C(=O)c1ccc(-c2ccccc2)n1C. The van der Waals surface area contributed by atoms with Crippen molar-refractivity contribution in [2.45, 2.75) is 38.3 Å². The zero-order chi connectivity index (χ0) is 25.9. The van der Waals surface area contributed by atoms with Crippen molar-refractivity contribution in [3.8, 4) is 17.0 Å². The third-order valence-electron chi connectivity index (χ3n) is 7.32. The van der Waals surface area contributed by atoms with Crippen molar-refractivity contribution in [3.63, 3.8) is 0 Å². The fraction of sp³-hybridized carbons (Fsp3) is 0.345. The van der Waals surface area contributed by atoms with Gasteiger partial charge in [-0.3, -0.25) is 14.4 Å². The Morgan fingerprint density at radius 2 is 1.73 bits per heavy atom. The van der Waals surface area contributed by atoms with Crippen LogP contribution < -0.4 is 15.4 Å². The fourth-order valence-electron chi connectivity index (χ4n) is 5.30. The van der Waals surface area contributed by atoms with E-state index in [0.717, 1.165) is 16.8 Å². The zero-order valence-corrected chi connectivity index (χ0v) is 21.2. The maximum Gasteiger partial charge on any atom is 0.271 e. The number of rotatable bonds is 2. The lowest BCUT2D eigenvalue weighted by molar-refractivity contribution is -0.122. The number of hydrogen-bond donors (Lipinski definition) is 2. The first-order valence-electron chi connectivity index (χ1n) is 12.7. The van der Waals surface area contributed by atoms with Crippen molar-refractivity contribution in [2.24, 2.45) is 7.05 Å². The van der Waals surface area contributed by atoms with E-state index in [1.54, 1.807) is 17.0 Å². The zero-order valence-electron chi connectivity index (χ0n) is 21.2. The van der Waals surface area contributed by atoms with Crippen LogP contribution in [-0.4, -0.2) is 59.0 Å². The molecule has 3 amide bonds. The lowest BCUT2D eigenvalue weighted by atomic mass is 10.1. The topological polar surface area (TPSA) is 92.7 Å². The van der Waals surface area contributed by atoms with Crippen LogP contribution in [0.4, 0.5) is 0 Å². The van der Waals surface area contributed by atoms with Gasteiger partial charge in [0.05, 0.1) is 6.54 Å². The van der Waals surface area contributed by atoms with Gasteiger partial charge in [0.1, 0.15) is 18.1 Å². The molecule has 1 aromatic heterocycles. The number of nitrogens with one attached hydrogen (secondary N) is 2. The summed E-state index contributed by atoms with van der Waals surface area (Å²) >= 11 is 0. The highest BCUT2D eigenvalue weighted by atomic mass is 16.5. The average Bonchev–Trinajstić information content (AvgIpc) is 3.48. The Labute approximate surface area is 216 Å². The Bertz CT molecular complexity index is 1320. The van der Waals surface area contributed by atoms with E-state index in [1.807, 2.05) is 67.1 Å². The average molecular weight is 501 g/mol. The Hall–Kier alpha value is -4.07. The molecule has 1 saturated heterocycles. The van der Waals surface area contributed by atoms with E-state index < -0.39 is 0 Å². The molecule has 3 aromatic rings. The van der Waals surface area contributed by atoms with E-state index in [9.17, 15) is 14.4 Å². The fourth-order valence-corrected chi connectivity index (χ4v) is 5.30. The summed E-state index contributed by atoms with van der Waals surface area (Å²) in [5.74, 6) is 0.154. The summed E-state index contributed by atoms with van der Waals surface area (Å²) in [6, 6.07) is 18.6. The second kappa shape index (κ2) is 10.5. The Morgan fingerprint density at radius 3 is 2.54 bits per heavy atom. The van der Waals surface area contributed by atoms with E-state index in [0.29, 0.717) is 49.5 Å². The molecule has 2 aliphatic heterocycles. The van der Waals surface area contributed by atoms with E-state index in [1.165, 1.54) is 0 Å². The van der Waals surface area contributed by atoms with Crippen LogP contribution in [0.2, 0.25) is 0 Å². The number of nitrogens with zero attached hydrogens (tertiary/aromatic N) is 2. The van der Waals surface area contributed by atoms with Crippen LogP contribution in [0.5, 0.6) is 5.75 Å². The summed E-state index contributed by atoms with van der Waals surface area (Å²) in [6.07, 6.45) is 1.61. The normalized spacial score (nSPS) is 20.3. The van der Waals surface area contributed by atoms with E-state index in [-0.39, 0.29) is 36.2 Å². The first-order valence-corrected chi connectivity index (χ1v) is 12.7. The van der Waals surface area contributed by atoms with Crippen LogP contribution in [0.15, 0.2) is 60.7 Å². The van der Waals surface area contributed by atoms with Crippen molar-refractivity contribution < 1.29 is 19.1 Å². The number of hydrogen-bond acceptors (Lipinski definition) is 4. The quantitative estimate of drug-likeness (QED) is 0.565. The summed E-state index contributed by atoms with van der Waals surface area (Å²) in [7, 11) is 1.88. The Kier molecular flexibility index (Phi) is 6.99. The van der Waals surface area contributed by atoms with Crippen LogP contribution in [0, 0.1) is 6.92 Å². The van der Waals surface area contributed by atoms with E-state index in [4.69, 9.17) is 4.74 Å². The van der Waals surface area contributed by atoms with Crippen molar-refractivity contribution >= 4 is 17.7 Å². The lowest BCUT2D eigenvalue weighted by Gasteiger charge is -2.31. The van der Waals surface area contributed by atoms with Gasteiger partial charge < -0.3 is 24.8 Å². The molecule has 8 nitrogen and oxygen atoms in total. The maximum absolute atomic E-state index is 13.9. The summed E-state index contributed by atoms with van der Waals surface area (Å²) in [6.45, 7) is 2.86. The number of aromatic nitrogens is 1. The molecule has 37 heavy (non-hydrogen) atoms. The second-order valence-corrected chi connectivity index (χ2v) is 9.72. The molecule has 1 fully saturated rings. The number of carbonyl (C=O) groups is 3. The largest absolute Gasteiger partial charge is 0.491 e. The molecule has 8 heteroatoms. The van der Waals surface area contributed by atoms with Gasteiger partial charge in [-0.2, -0.15) is 0 Å². The molecule has 0 radical (unpaired) electrons. The third kappa shape index (κ3) is 5.09. The molecular formula is C29H32N4O4. The van der Waals surface area contributed by atoms with Crippen LogP contribution in [0.1, 0.15) is 45.7 Å². The van der Waals surface area contributed by atoms with Gasteiger partial charge in [-0.15, -0.1) is 0 Å². The van der Waals surface area contributed by atoms with Gasteiger partial charge in [-0.25, -0.2) is 0 Å². The lowest BCUT2D eigenvalue weighted by Crippen LogP contribution is -2.48. The molecule has 2 N–H and O–H groups in total. The first kappa shape index (κ1) is 24.6. The van der Waals surface area contributed by atoms with Gasteiger partial charge in [-0.05, 0) is 55.2 Å². The summed E-state index contributed by atoms with van der Waals surface area (Å²) in [5, 5.41) is 5.92. The minimum atomic E-state index is -0.251. The van der Waals surface area contributed by atoms with Gasteiger partial charge in [0.25, 0.3) is 11.8 Å². The molecule has 2 atom stereocenters. The van der Waals surface area contributed by atoms with Crippen LogP contribution in [-0.2, 0) is 11.8 Å². The molecule has 5 rings (SSSR count). The molecule has 4 bridgehead atoms. The molecule has 0 aliphatic carbocycles. The molecule has 2 aromatic carbocycles. The molecular weight excluding hydrogens is 468 g/mol. The summed E-state index contributed by atoms with van der Waals surface area (Å²) in [4.78, 5) is 41.5. The van der Waals surface area contributed by atoms with Crippen LogP contribution in [0.3, 0.4) is 0 Å². The molecule has 2 aliphatic rings. The molecule has 3 heterocycles. The van der Waals surface area contributed by atoms with Crippen LogP contribution >= 0.6 is 0 Å². The first-order chi connectivity index (χ1) is 17.9. The number of amides is 3. The van der Waals surface area contributed by atoms with E-state index >= 15 is 0 Å². The third-order valence-corrected chi connectivity index (χ3v) is 7.32. The van der Waals surface area contributed by atoms with Crippen molar-refractivity contribution in [3.05, 3.63) is 77.5 Å². The number of carbonyl (C=O) groups excluding carboxylic acids is 3. The van der Waals surface area contributed by atoms with Gasteiger partial charge >= 0.3 is 0 Å². The van der Waals surface area contributed by atoms with Gasteiger partial charge in [-0.1, -0.05) is 36.4 Å². The molecule has 0 spiro atoms. The van der Waals surface area contributed by atoms with Crippen molar-refractivity contribution in [2.75, 3.05) is 19.7 Å². The standard InChI is InChI=1S/C29H32N4O4/c1-19-8-9-21-16-26(19)37-15-14-30-27(34)17-22-10-11-23(18-31-28(21)35)33(22)29(36)25-13-12-24(32(25)2)20-6-4-3-5-7-20/h3-9,12-13,16,22-23H,10-11,14-15,17-18H2,1-2H3,(H,30,34)(H,31,35)/t22-,23+/m0/s1. The highest BCUT2D eigenvalue weighted by molar-refractivity contribution is 5.96. The second-order valence-electron chi connectivity index (χ2n) is 9.72. The van der Waals surface area contributed by atoms with E-state index in [2.05, 4.69) is 10.6 Å². The monoisotopic (exact) mass is 500 g/mol. The van der Waals surface area contributed by atoms with Gasteiger partial charge in [0.15, 0.2) is 0 Å². The predicted molar refractivity (Wildman–Crippen MR) is 140 cm³/mol. The number of ether oxygens (including phenoxy) is 1. The van der Waals surface area contributed by atoms with Crippen molar-refractivity contribution in [1.82, 2.24) is 20.1 Å². The summed E-state index contributed by atoms with van der Waals surface area (Å²) in [5.41, 5.74) is 3.94. The number of aryl methyl sites for hydroxylation is 1. The smallest absolute Gasteiger partial charge is 0.271 e. The molecule has 0 unspecified atom stereocenters. The predicted octanol–water partition coefficient (Wildman–Crippen LogP) is 3.30. The minimum Gasteiger partial charge on any atom is -0.491 e. The van der Waals surface area contributed by atoms with Crippen molar-refractivity contribution in [1.29, 1.82) is 0 Å². The number of fused-ring (bicyclic) bond motifs is 4. The molecule has 192 valence electrons. The Balaban J connectivity index is 1.43. The maximum atomic E-state index is 13.9. The van der Waals surface area contributed by atoms with Gasteiger partial charge in [0, 0.05) is 43.4 Å². The minimum absolute atomic E-state index is 0.117. The van der Waals surface area contributed by atoms with Gasteiger partial charge in [0.2, 0.25) is 5.91 Å². The highest BCUT2D eigenvalue weighted by Crippen LogP contribution is 2.30. The number of benzene rings is 2. The Morgan fingerprint density at radius 1 is 0.946 bits per heavy atom. The van der Waals surface area contributed by atoms with Crippen LogP contribution in [0.25, 0.3) is 11.3 Å².